The van der Waals surface area contributed by atoms with Gasteiger partial charge in [-0.05, 0) is 35.9 Å². The number of aromatic hydroxyl groups is 1. The third-order valence-electron chi connectivity index (χ3n) is 4.48. The first-order valence-electron chi connectivity index (χ1n) is 7.82. The van der Waals surface area contributed by atoms with Crippen LogP contribution < -0.4 is 4.90 Å². The second-order valence-corrected chi connectivity index (χ2v) is 6.43. The number of amides is 1. The summed E-state index contributed by atoms with van der Waals surface area (Å²) >= 11 is 6.05. The molecule has 2 heterocycles. The molecule has 5 nitrogen and oxygen atoms in total. The second-order valence-electron chi connectivity index (χ2n) is 5.99. The van der Waals surface area contributed by atoms with Gasteiger partial charge < -0.3 is 9.84 Å². The third-order valence-corrected chi connectivity index (χ3v) is 4.71. The molecule has 1 N–H and O–H groups in total. The second kappa shape index (κ2) is 5.93. The van der Waals surface area contributed by atoms with Crippen LogP contribution in [0.1, 0.15) is 17.9 Å². The number of carbonyl (C=O) groups excluding carboxylic acids is 2. The molecule has 6 heteroatoms. The third kappa shape index (κ3) is 2.66. The maximum Gasteiger partial charge on any atom is 0.336 e. The topological polar surface area (TPSA) is 66.8 Å². The van der Waals surface area contributed by atoms with E-state index in [4.69, 9.17) is 16.3 Å². The molecule has 0 fully saturated rings. The SMILES string of the molecule is O=C1OCC2=C1C(c1ccc(O)cc1)CC(=O)N2c1cccc(Cl)c1. The van der Waals surface area contributed by atoms with Crippen molar-refractivity contribution in [2.75, 3.05) is 11.5 Å². The molecule has 25 heavy (non-hydrogen) atoms. The minimum Gasteiger partial charge on any atom is -0.508 e. The number of esters is 1. The van der Waals surface area contributed by atoms with E-state index in [1.807, 2.05) is 0 Å². The van der Waals surface area contributed by atoms with E-state index in [-0.39, 0.29) is 30.6 Å². The lowest BCUT2D eigenvalue weighted by atomic mass is 9.84. The fourth-order valence-corrected chi connectivity index (χ4v) is 3.54. The minimum atomic E-state index is -0.410. The molecule has 2 aromatic carbocycles. The first-order chi connectivity index (χ1) is 12.0. The van der Waals surface area contributed by atoms with Crippen LogP contribution in [-0.2, 0) is 14.3 Å². The number of ether oxygens (including phenoxy) is 1. The number of anilines is 1. The molecule has 0 radical (unpaired) electrons. The number of hydrogen-bond acceptors (Lipinski definition) is 4. The molecule has 0 spiro atoms. The zero-order valence-corrected chi connectivity index (χ0v) is 13.9. The van der Waals surface area contributed by atoms with Gasteiger partial charge in [0.15, 0.2) is 0 Å². The number of carbonyl (C=O) groups is 2. The van der Waals surface area contributed by atoms with Crippen LogP contribution in [0.3, 0.4) is 0 Å². The van der Waals surface area contributed by atoms with Crippen molar-refractivity contribution < 1.29 is 19.4 Å². The Labute approximate surface area is 149 Å². The van der Waals surface area contributed by atoms with Crippen molar-refractivity contribution >= 4 is 29.2 Å². The summed E-state index contributed by atoms with van der Waals surface area (Å²) in [4.78, 5) is 26.7. The zero-order chi connectivity index (χ0) is 17.6. The molecular weight excluding hydrogens is 342 g/mol. The Bertz CT molecular complexity index is 904. The van der Waals surface area contributed by atoms with E-state index in [1.54, 1.807) is 48.5 Å². The normalized spacial score (nSPS) is 19.9. The van der Waals surface area contributed by atoms with Crippen LogP contribution in [0.4, 0.5) is 5.69 Å². The van der Waals surface area contributed by atoms with Crippen molar-refractivity contribution in [3.8, 4) is 5.75 Å². The fourth-order valence-electron chi connectivity index (χ4n) is 3.36. The first kappa shape index (κ1) is 15.7. The van der Waals surface area contributed by atoms with Gasteiger partial charge in [-0.3, -0.25) is 9.69 Å². The maximum absolute atomic E-state index is 12.8. The molecule has 1 atom stereocenters. The lowest BCUT2D eigenvalue weighted by Crippen LogP contribution is -2.37. The van der Waals surface area contributed by atoms with E-state index >= 15 is 0 Å². The largest absolute Gasteiger partial charge is 0.508 e. The summed E-state index contributed by atoms with van der Waals surface area (Å²) in [6.45, 7) is 0.0566. The highest BCUT2D eigenvalue weighted by Crippen LogP contribution is 2.42. The number of phenolic OH excluding ortho intramolecular Hbond substituents is 1. The molecular formula is C19H14ClNO4. The molecule has 0 saturated heterocycles. The van der Waals surface area contributed by atoms with Crippen LogP contribution >= 0.6 is 11.6 Å². The molecule has 1 amide bonds. The van der Waals surface area contributed by atoms with Crippen LogP contribution in [0.5, 0.6) is 5.75 Å². The smallest absolute Gasteiger partial charge is 0.336 e. The summed E-state index contributed by atoms with van der Waals surface area (Å²) in [5.41, 5.74) is 2.46. The number of phenols is 1. The van der Waals surface area contributed by atoms with E-state index in [1.165, 1.54) is 4.90 Å². The molecule has 0 bridgehead atoms. The Morgan fingerprint density at radius 3 is 2.60 bits per heavy atom. The van der Waals surface area contributed by atoms with E-state index in [0.29, 0.717) is 22.0 Å². The molecule has 0 aliphatic carbocycles. The van der Waals surface area contributed by atoms with Crippen LogP contribution in [0.25, 0.3) is 0 Å². The van der Waals surface area contributed by atoms with Gasteiger partial charge in [0, 0.05) is 17.4 Å². The first-order valence-corrected chi connectivity index (χ1v) is 8.20. The predicted molar refractivity (Wildman–Crippen MR) is 92.4 cm³/mol. The molecule has 2 aliphatic rings. The van der Waals surface area contributed by atoms with Crippen LogP contribution in [-0.4, -0.2) is 23.6 Å². The van der Waals surface area contributed by atoms with Gasteiger partial charge in [-0.25, -0.2) is 4.79 Å². The van der Waals surface area contributed by atoms with Crippen molar-refractivity contribution in [1.29, 1.82) is 0 Å². The molecule has 0 aromatic heterocycles. The van der Waals surface area contributed by atoms with Crippen molar-refractivity contribution in [1.82, 2.24) is 0 Å². The number of benzene rings is 2. The maximum atomic E-state index is 12.8. The monoisotopic (exact) mass is 355 g/mol. The minimum absolute atomic E-state index is 0.0566. The van der Waals surface area contributed by atoms with Gasteiger partial charge in [-0.1, -0.05) is 29.8 Å². The van der Waals surface area contributed by atoms with Gasteiger partial charge in [-0.15, -0.1) is 0 Å². The van der Waals surface area contributed by atoms with Gasteiger partial charge in [0.25, 0.3) is 0 Å². The summed E-state index contributed by atoms with van der Waals surface area (Å²) < 4.78 is 5.22. The van der Waals surface area contributed by atoms with Gasteiger partial charge in [0.1, 0.15) is 12.4 Å². The Kier molecular flexibility index (Phi) is 3.73. The Hall–Kier alpha value is -2.79. The molecule has 0 saturated carbocycles. The Balaban J connectivity index is 1.83. The number of halogens is 1. The van der Waals surface area contributed by atoms with E-state index in [2.05, 4.69) is 0 Å². The van der Waals surface area contributed by atoms with Gasteiger partial charge in [0.05, 0.1) is 17.0 Å². The summed E-state index contributed by atoms with van der Waals surface area (Å²) in [6.07, 6.45) is 0.144. The lowest BCUT2D eigenvalue weighted by Gasteiger charge is -2.32. The average molecular weight is 356 g/mol. The van der Waals surface area contributed by atoms with Gasteiger partial charge in [-0.2, -0.15) is 0 Å². The van der Waals surface area contributed by atoms with E-state index < -0.39 is 5.97 Å². The Morgan fingerprint density at radius 1 is 1.12 bits per heavy atom. The highest BCUT2D eigenvalue weighted by Gasteiger charge is 2.42. The lowest BCUT2D eigenvalue weighted by molar-refractivity contribution is -0.136. The fraction of sp³-hybridized carbons (Fsp3) is 0.158. The highest BCUT2D eigenvalue weighted by molar-refractivity contribution is 6.31. The molecule has 1 unspecified atom stereocenters. The summed E-state index contributed by atoms with van der Waals surface area (Å²) in [6, 6.07) is 13.5. The summed E-state index contributed by atoms with van der Waals surface area (Å²) in [5, 5.41) is 9.98. The van der Waals surface area contributed by atoms with Crippen LogP contribution in [0.2, 0.25) is 5.02 Å². The Morgan fingerprint density at radius 2 is 1.88 bits per heavy atom. The summed E-state index contributed by atoms with van der Waals surface area (Å²) in [7, 11) is 0. The van der Waals surface area contributed by atoms with Crippen molar-refractivity contribution in [2.24, 2.45) is 0 Å². The number of cyclic esters (lactones) is 1. The average Bonchev–Trinajstić information content (AvgIpc) is 2.96. The number of hydrogen-bond donors (Lipinski definition) is 1. The summed E-state index contributed by atoms with van der Waals surface area (Å²) in [5.74, 6) is -0.784. The quantitative estimate of drug-likeness (QED) is 0.839. The number of rotatable bonds is 2. The van der Waals surface area contributed by atoms with Gasteiger partial charge >= 0.3 is 5.97 Å². The van der Waals surface area contributed by atoms with Crippen LogP contribution in [0.15, 0.2) is 59.8 Å². The molecule has 4 rings (SSSR count). The van der Waals surface area contributed by atoms with E-state index in [0.717, 1.165) is 5.56 Å². The molecule has 2 aliphatic heterocycles. The van der Waals surface area contributed by atoms with Crippen molar-refractivity contribution in [3.63, 3.8) is 0 Å². The highest BCUT2D eigenvalue weighted by atomic mass is 35.5. The molecule has 2 aromatic rings. The van der Waals surface area contributed by atoms with Crippen LogP contribution in [0, 0.1) is 0 Å². The number of nitrogens with zero attached hydrogens (tertiary/aromatic N) is 1. The van der Waals surface area contributed by atoms with Gasteiger partial charge in [0.2, 0.25) is 5.91 Å². The standard InChI is InChI=1S/C19H14ClNO4/c20-12-2-1-3-13(8-12)21-16-10-25-19(24)18(16)15(9-17(21)23)11-4-6-14(22)7-5-11/h1-8,15,22H,9-10H2. The zero-order valence-electron chi connectivity index (χ0n) is 13.1. The predicted octanol–water partition coefficient (Wildman–Crippen LogP) is 3.38. The van der Waals surface area contributed by atoms with Crippen molar-refractivity contribution in [2.45, 2.75) is 12.3 Å². The molecule has 126 valence electrons. The van der Waals surface area contributed by atoms with Crippen molar-refractivity contribution in [3.05, 3.63) is 70.4 Å². The van der Waals surface area contributed by atoms with E-state index in [9.17, 15) is 14.7 Å².